The molecule has 25 heavy (non-hydrogen) atoms. The molecule has 0 bridgehead atoms. The molecule has 1 aromatic carbocycles. The van der Waals surface area contributed by atoms with Crippen LogP contribution >= 0.6 is 24.0 Å². The Morgan fingerprint density at radius 2 is 2.24 bits per heavy atom. The van der Waals surface area contributed by atoms with Gasteiger partial charge in [0.25, 0.3) is 5.91 Å². The molecule has 1 fully saturated rings. The Bertz CT molecular complexity index is 566. The predicted molar refractivity (Wildman–Crippen MR) is 102 cm³/mol. The van der Waals surface area contributed by atoms with E-state index in [1.54, 1.807) is 7.11 Å². The van der Waals surface area contributed by atoms with Crippen LogP contribution in [0.15, 0.2) is 12.1 Å². The van der Waals surface area contributed by atoms with Crippen LogP contribution in [0.4, 0.5) is 0 Å². The van der Waals surface area contributed by atoms with Crippen molar-refractivity contribution in [3.05, 3.63) is 22.7 Å². The number of nitrogens with zero attached hydrogens (tertiary/aromatic N) is 1. The second-order valence-corrected chi connectivity index (χ2v) is 6.39. The van der Waals surface area contributed by atoms with Crippen LogP contribution in [-0.2, 0) is 11.3 Å². The van der Waals surface area contributed by atoms with Gasteiger partial charge < -0.3 is 20.5 Å². The zero-order valence-corrected chi connectivity index (χ0v) is 16.3. The molecule has 0 radical (unpaired) electrons. The number of halogens is 2. The topological polar surface area (TPSA) is 76.8 Å². The number of carbonyl (C=O) groups excluding carboxylic acids is 1. The molecule has 0 saturated carbocycles. The molecule has 1 atom stereocenters. The van der Waals surface area contributed by atoms with Crippen molar-refractivity contribution in [1.29, 1.82) is 0 Å². The molecule has 1 aromatic rings. The number of nitrogens with two attached hydrogens (primary N) is 1. The van der Waals surface area contributed by atoms with Crippen molar-refractivity contribution in [2.24, 2.45) is 5.73 Å². The Hall–Kier alpha value is -1.21. The summed E-state index contributed by atoms with van der Waals surface area (Å²) in [6.45, 7) is 5.87. The van der Waals surface area contributed by atoms with Crippen LogP contribution in [-0.4, -0.2) is 50.2 Å². The summed E-state index contributed by atoms with van der Waals surface area (Å²) in [6, 6.07) is 4.32. The molecule has 2 rings (SSSR count). The van der Waals surface area contributed by atoms with Crippen LogP contribution < -0.4 is 20.5 Å². The smallest absolute Gasteiger partial charge is 0.255 e. The maximum absolute atomic E-state index is 10.9. The number of methoxy groups -OCH3 is 1. The largest absolute Gasteiger partial charge is 0.493 e. The molecule has 1 aliphatic rings. The van der Waals surface area contributed by atoms with Crippen LogP contribution in [0, 0.1) is 0 Å². The molecule has 0 spiro atoms. The molecule has 1 unspecified atom stereocenters. The first kappa shape index (κ1) is 21.8. The number of hydrogen-bond acceptors (Lipinski definition) is 5. The summed E-state index contributed by atoms with van der Waals surface area (Å²) in [5, 5.41) is 3.83. The van der Waals surface area contributed by atoms with Gasteiger partial charge in [-0.1, -0.05) is 18.5 Å². The summed E-state index contributed by atoms with van der Waals surface area (Å²) in [7, 11) is 1.55. The Morgan fingerprint density at radius 1 is 1.48 bits per heavy atom. The summed E-state index contributed by atoms with van der Waals surface area (Å²) < 4.78 is 10.7. The van der Waals surface area contributed by atoms with E-state index in [1.807, 2.05) is 12.1 Å². The van der Waals surface area contributed by atoms with Gasteiger partial charge in [0, 0.05) is 19.1 Å². The normalized spacial score (nSPS) is 16.6. The summed E-state index contributed by atoms with van der Waals surface area (Å²) in [5.74, 6) is 0.311. The van der Waals surface area contributed by atoms with Crippen molar-refractivity contribution >= 4 is 29.9 Å². The van der Waals surface area contributed by atoms with Crippen LogP contribution in [0.2, 0.25) is 5.02 Å². The molecule has 142 valence electrons. The summed E-state index contributed by atoms with van der Waals surface area (Å²) >= 11 is 6.33. The summed E-state index contributed by atoms with van der Waals surface area (Å²) in [4.78, 5) is 13.4. The van der Waals surface area contributed by atoms with Gasteiger partial charge in [0.15, 0.2) is 18.1 Å². The number of benzene rings is 1. The van der Waals surface area contributed by atoms with Crippen molar-refractivity contribution < 1.29 is 14.3 Å². The first-order valence-electron chi connectivity index (χ1n) is 8.27. The second kappa shape index (κ2) is 10.7. The highest BCUT2D eigenvalue weighted by molar-refractivity contribution is 6.32. The van der Waals surface area contributed by atoms with Crippen LogP contribution in [0.5, 0.6) is 11.5 Å². The van der Waals surface area contributed by atoms with Gasteiger partial charge in [-0.15, -0.1) is 12.4 Å². The molecule has 1 saturated heterocycles. The lowest BCUT2D eigenvalue weighted by Gasteiger charge is -2.28. The fraction of sp³-hybridized carbons (Fsp3) is 0.588. The summed E-state index contributed by atoms with van der Waals surface area (Å²) in [5.41, 5.74) is 6.18. The lowest BCUT2D eigenvalue weighted by molar-refractivity contribution is -0.119. The molecule has 0 aromatic heterocycles. The highest BCUT2D eigenvalue weighted by Crippen LogP contribution is 2.37. The van der Waals surface area contributed by atoms with Gasteiger partial charge in [-0.2, -0.15) is 0 Å². The van der Waals surface area contributed by atoms with E-state index in [0.717, 1.165) is 44.6 Å². The van der Waals surface area contributed by atoms with E-state index in [2.05, 4.69) is 17.1 Å². The van der Waals surface area contributed by atoms with Gasteiger partial charge in [-0.25, -0.2) is 0 Å². The third-order valence-corrected chi connectivity index (χ3v) is 4.38. The number of primary amides is 1. The number of amides is 1. The van der Waals surface area contributed by atoms with Crippen molar-refractivity contribution in [3.8, 4) is 11.5 Å². The maximum Gasteiger partial charge on any atom is 0.255 e. The molecular formula is C17H27Cl2N3O3. The minimum atomic E-state index is -0.556. The van der Waals surface area contributed by atoms with Crippen molar-refractivity contribution in [3.63, 3.8) is 0 Å². The molecule has 1 amide bonds. The van der Waals surface area contributed by atoms with Gasteiger partial charge in [-0.3, -0.25) is 9.69 Å². The fourth-order valence-electron chi connectivity index (χ4n) is 3.01. The van der Waals surface area contributed by atoms with Crippen molar-refractivity contribution in [2.45, 2.75) is 32.4 Å². The SMILES string of the molecule is CCCN(Cc1cc(Cl)c(OCC(N)=O)c(OC)c1)C1CCNC1.Cl. The second-order valence-electron chi connectivity index (χ2n) is 5.98. The van der Waals surface area contributed by atoms with E-state index < -0.39 is 5.91 Å². The lowest BCUT2D eigenvalue weighted by atomic mass is 10.1. The number of ether oxygens (including phenoxy) is 2. The number of rotatable bonds is 9. The minimum absolute atomic E-state index is 0. The third kappa shape index (κ3) is 6.22. The highest BCUT2D eigenvalue weighted by atomic mass is 35.5. The molecule has 6 nitrogen and oxygen atoms in total. The molecular weight excluding hydrogens is 365 g/mol. The lowest BCUT2D eigenvalue weighted by Crippen LogP contribution is -2.36. The van der Waals surface area contributed by atoms with E-state index in [-0.39, 0.29) is 19.0 Å². The minimum Gasteiger partial charge on any atom is -0.493 e. The standard InChI is InChI=1S/C17H26ClN3O3.ClH/c1-3-6-21(13-4-5-20-9-13)10-12-7-14(18)17(15(8-12)23-2)24-11-16(19)22;/h7-8,13,20H,3-6,9-11H2,1-2H3,(H2,19,22);1H. The molecule has 1 aliphatic heterocycles. The van der Waals surface area contributed by atoms with E-state index >= 15 is 0 Å². The Morgan fingerprint density at radius 3 is 2.80 bits per heavy atom. The first-order valence-corrected chi connectivity index (χ1v) is 8.65. The highest BCUT2D eigenvalue weighted by Gasteiger charge is 2.22. The zero-order chi connectivity index (χ0) is 17.5. The Labute approximate surface area is 160 Å². The number of nitrogens with one attached hydrogen (secondary N) is 1. The zero-order valence-electron chi connectivity index (χ0n) is 14.7. The molecule has 1 heterocycles. The van der Waals surface area contributed by atoms with Gasteiger partial charge in [0.1, 0.15) is 0 Å². The predicted octanol–water partition coefficient (Wildman–Crippen LogP) is 2.21. The van der Waals surface area contributed by atoms with Crippen LogP contribution in [0.1, 0.15) is 25.3 Å². The number of carbonyl (C=O) groups is 1. The quantitative estimate of drug-likeness (QED) is 0.674. The van der Waals surface area contributed by atoms with E-state index in [0.29, 0.717) is 22.6 Å². The van der Waals surface area contributed by atoms with Crippen molar-refractivity contribution in [1.82, 2.24) is 10.2 Å². The van der Waals surface area contributed by atoms with Gasteiger partial charge >= 0.3 is 0 Å². The fourth-order valence-corrected chi connectivity index (χ4v) is 3.30. The average Bonchev–Trinajstić information content (AvgIpc) is 3.07. The molecule has 3 N–H and O–H groups in total. The van der Waals surface area contributed by atoms with Gasteiger partial charge in [0.05, 0.1) is 12.1 Å². The third-order valence-electron chi connectivity index (χ3n) is 4.10. The van der Waals surface area contributed by atoms with Crippen molar-refractivity contribution in [2.75, 3.05) is 33.4 Å². The number of hydrogen-bond donors (Lipinski definition) is 2. The Kier molecular flexibility index (Phi) is 9.35. The monoisotopic (exact) mass is 391 g/mol. The summed E-state index contributed by atoms with van der Waals surface area (Å²) in [6.07, 6.45) is 2.26. The average molecular weight is 392 g/mol. The molecule has 8 heteroatoms. The Balaban J connectivity index is 0.00000312. The van der Waals surface area contributed by atoms with Gasteiger partial charge in [-0.05, 0) is 43.6 Å². The van der Waals surface area contributed by atoms with Crippen LogP contribution in [0.25, 0.3) is 0 Å². The van der Waals surface area contributed by atoms with Crippen LogP contribution in [0.3, 0.4) is 0 Å². The maximum atomic E-state index is 10.9. The van der Waals surface area contributed by atoms with E-state index in [4.69, 9.17) is 26.8 Å². The van der Waals surface area contributed by atoms with Gasteiger partial charge in [0.2, 0.25) is 0 Å². The van der Waals surface area contributed by atoms with E-state index in [1.165, 1.54) is 0 Å². The first-order chi connectivity index (χ1) is 11.5. The van der Waals surface area contributed by atoms with E-state index in [9.17, 15) is 4.79 Å². The molecule has 0 aliphatic carbocycles.